The lowest BCUT2D eigenvalue weighted by Gasteiger charge is -2.36. The van der Waals surface area contributed by atoms with Crippen LogP contribution in [0.1, 0.15) is 23.3 Å². The molecule has 1 aromatic heterocycles. The van der Waals surface area contributed by atoms with E-state index < -0.39 is 0 Å². The molecular weight excluding hydrogens is 350 g/mol. The third-order valence-electron chi connectivity index (χ3n) is 5.78. The smallest absolute Gasteiger partial charge is 0.236 e. The van der Waals surface area contributed by atoms with Crippen LogP contribution in [0, 0.1) is 5.92 Å². The van der Waals surface area contributed by atoms with Gasteiger partial charge in [0, 0.05) is 37.0 Å². The predicted octanol–water partition coefficient (Wildman–Crippen LogP) is 1.20. The maximum atomic E-state index is 12.9. The molecule has 4 heterocycles. The van der Waals surface area contributed by atoms with Gasteiger partial charge < -0.3 is 14.5 Å². The van der Waals surface area contributed by atoms with Gasteiger partial charge in [0.05, 0.1) is 19.8 Å². The van der Waals surface area contributed by atoms with E-state index in [1.54, 1.807) is 11.3 Å². The number of morpholine rings is 1. The largest absolute Gasteiger partial charge is 0.378 e. The van der Waals surface area contributed by atoms with E-state index in [9.17, 15) is 9.59 Å². The Morgan fingerprint density at radius 1 is 1.08 bits per heavy atom. The monoisotopic (exact) mass is 377 g/mol. The highest BCUT2D eigenvalue weighted by Crippen LogP contribution is 2.27. The van der Waals surface area contributed by atoms with Crippen LogP contribution in [0.25, 0.3) is 0 Å². The highest BCUT2D eigenvalue weighted by Gasteiger charge is 2.31. The van der Waals surface area contributed by atoms with Crippen molar-refractivity contribution >= 4 is 23.2 Å². The van der Waals surface area contributed by atoms with Crippen molar-refractivity contribution in [2.45, 2.75) is 25.8 Å². The Morgan fingerprint density at radius 3 is 2.62 bits per heavy atom. The number of fused-ring (bicyclic) bond motifs is 1. The molecule has 0 radical (unpaired) electrons. The first kappa shape index (κ1) is 17.9. The van der Waals surface area contributed by atoms with E-state index in [-0.39, 0.29) is 11.8 Å². The van der Waals surface area contributed by atoms with E-state index in [4.69, 9.17) is 4.74 Å². The molecule has 0 N–H and O–H groups in total. The van der Waals surface area contributed by atoms with Gasteiger partial charge in [-0.1, -0.05) is 0 Å². The van der Waals surface area contributed by atoms with Gasteiger partial charge in [-0.25, -0.2) is 0 Å². The molecular formula is C19H27N3O3S. The molecule has 3 aliphatic heterocycles. The minimum absolute atomic E-state index is 0.116. The first-order valence-electron chi connectivity index (χ1n) is 9.62. The number of likely N-dealkylation sites (tertiary alicyclic amines) is 1. The lowest BCUT2D eigenvalue weighted by Crippen LogP contribution is -2.49. The van der Waals surface area contributed by atoms with E-state index in [0.29, 0.717) is 38.8 Å². The summed E-state index contributed by atoms with van der Waals surface area (Å²) in [5.41, 5.74) is 1.32. The van der Waals surface area contributed by atoms with E-state index in [0.717, 1.165) is 45.4 Å². The van der Waals surface area contributed by atoms with Crippen molar-refractivity contribution in [3.63, 3.8) is 0 Å². The zero-order valence-electron chi connectivity index (χ0n) is 15.2. The average molecular weight is 378 g/mol. The lowest BCUT2D eigenvalue weighted by atomic mass is 9.94. The van der Waals surface area contributed by atoms with Crippen LogP contribution < -0.4 is 0 Å². The van der Waals surface area contributed by atoms with Gasteiger partial charge in [-0.3, -0.25) is 14.5 Å². The summed E-state index contributed by atoms with van der Waals surface area (Å²) in [6, 6.07) is 2.15. The SMILES string of the molecule is O=C(CN1CCC(C(=O)N2CCc3sccc3C2)CC1)N1CCOCC1. The number of carbonyl (C=O) groups is 2. The Bertz CT molecular complexity index is 648. The second kappa shape index (κ2) is 8.06. The summed E-state index contributed by atoms with van der Waals surface area (Å²) >= 11 is 1.80. The van der Waals surface area contributed by atoms with Gasteiger partial charge in [-0.2, -0.15) is 0 Å². The molecule has 0 aliphatic carbocycles. The van der Waals surface area contributed by atoms with E-state index >= 15 is 0 Å². The van der Waals surface area contributed by atoms with Gasteiger partial charge in [0.1, 0.15) is 0 Å². The van der Waals surface area contributed by atoms with Crippen molar-refractivity contribution < 1.29 is 14.3 Å². The molecule has 0 unspecified atom stereocenters. The van der Waals surface area contributed by atoms with Crippen LogP contribution in [0.15, 0.2) is 11.4 Å². The van der Waals surface area contributed by atoms with E-state index in [2.05, 4.69) is 16.3 Å². The predicted molar refractivity (Wildman–Crippen MR) is 100 cm³/mol. The molecule has 1 aromatic rings. The quantitative estimate of drug-likeness (QED) is 0.794. The zero-order chi connectivity index (χ0) is 17.9. The summed E-state index contributed by atoms with van der Waals surface area (Å²) in [4.78, 5) is 32.8. The van der Waals surface area contributed by atoms with Gasteiger partial charge in [0.25, 0.3) is 0 Å². The van der Waals surface area contributed by atoms with Gasteiger partial charge in [-0.15, -0.1) is 11.3 Å². The van der Waals surface area contributed by atoms with Gasteiger partial charge in [0.2, 0.25) is 11.8 Å². The first-order chi connectivity index (χ1) is 12.7. The number of thiophene rings is 1. The van der Waals surface area contributed by atoms with Crippen molar-refractivity contribution in [3.05, 3.63) is 21.9 Å². The molecule has 0 bridgehead atoms. The Labute approximate surface area is 158 Å². The number of rotatable bonds is 3. The minimum atomic E-state index is 0.116. The summed E-state index contributed by atoms with van der Waals surface area (Å²) in [5.74, 6) is 0.616. The Kier molecular flexibility index (Phi) is 5.57. The molecule has 3 aliphatic rings. The summed E-state index contributed by atoms with van der Waals surface area (Å²) in [6.45, 7) is 6.46. The average Bonchev–Trinajstić information content (AvgIpc) is 3.16. The highest BCUT2D eigenvalue weighted by molar-refractivity contribution is 7.10. The van der Waals surface area contributed by atoms with Crippen LogP contribution in [-0.2, 0) is 27.3 Å². The molecule has 7 heteroatoms. The van der Waals surface area contributed by atoms with E-state index in [1.165, 1.54) is 10.4 Å². The molecule has 0 spiro atoms. The zero-order valence-corrected chi connectivity index (χ0v) is 16.0. The van der Waals surface area contributed by atoms with Gasteiger partial charge >= 0.3 is 0 Å². The molecule has 2 saturated heterocycles. The second-order valence-electron chi connectivity index (χ2n) is 7.42. The summed E-state index contributed by atoms with van der Waals surface area (Å²) in [7, 11) is 0. The Morgan fingerprint density at radius 2 is 1.85 bits per heavy atom. The molecule has 2 amide bonds. The third kappa shape index (κ3) is 3.94. The van der Waals surface area contributed by atoms with Crippen molar-refractivity contribution in [3.8, 4) is 0 Å². The molecule has 4 rings (SSSR count). The van der Waals surface area contributed by atoms with Crippen molar-refractivity contribution in [1.29, 1.82) is 0 Å². The van der Waals surface area contributed by atoms with Crippen LogP contribution in [0.4, 0.5) is 0 Å². The normalized spacial score (nSPS) is 22.3. The molecule has 6 nitrogen and oxygen atoms in total. The second-order valence-corrected chi connectivity index (χ2v) is 8.42. The number of carbonyl (C=O) groups excluding carboxylic acids is 2. The van der Waals surface area contributed by atoms with Crippen LogP contribution in [-0.4, -0.2) is 79.0 Å². The summed E-state index contributed by atoms with van der Waals surface area (Å²) in [6.07, 6.45) is 2.72. The summed E-state index contributed by atoms with van der Waals surface area (Å²) < 4.78 is 5.31. The molecule has 0 atom stereocenters. The van der Waals surface area contributed by atoms with E-state index in [1.807, 2.05) is 9.80 Å². The number of hydrogen-bond donors (Lipinski definition) is 0. The summed E-state index contributed by atoms with van der Waals surface area (Å²) in [5, 5.41) is 2.13. The molecule has 2 fully saturated rings. The number of amides is 2. The Balaban J connectivity index is 1.24. The fourth-order valence-corrected chi connectivity index (χ4v) is 5.03. The van der Waals surface area contributed by atoms with Gasteiger partial charge in [0.15, 0.2) is 0 Å². The maximum absolute atomic E-state index is 12.9. The molecule has 0 aromatic carbocycles. The molecule has 0 saturated carbocycles. The third-order valence-corrected chi connectivity index (χ3v) is 6.80. The fourth-order valence-electron chi connectivity index (χ4n) is 4.14. The standard InChI is InChI=1S/C19H27N3O3S/c23-18(21-8-10-25-11-9-21)14-20-5-1-15(2-6-20)19(24)22-7-3-17-16(13-22)4-12-26-17/h4,12,15H,1-3,5-11,13-14H2. The van der Waals surface area contributed by atoms with Crippen molar-refractivity contribution in [1.82, 2.24) is 14.7 Å². The first-order valence-corrected chi connectivity index (χ1v) is 10.5. The number of ether oxygens (including phenoxy) is 1. The van der Waals surface area contributed by atoms with Crippen molar-refractivity contribution in [2.24, 2.45) is 5.92 Å². The molecule has 142 valence electrons. The number of piperidine rings is 1. The van der Waals surface area contributed by atoms with Crippen molar-refractivity contribution in [2.75, 3.05) is 52.5 Å². The van der Waals surface area contributed by atoms with Crippen LogP contribution >= 0.6 is 11.3 Å². The maximum Gasteiger partial charge on any atom is 0.236 e. The number of hydrogen-bond acceptors (Lipinski definition) is 5. The fraction of sp³-hybridized carbons (Fsp3) is 0.684. The van der Waals surface area contributed by atoms with Crippen LogP contribution in [0.2, 0.25) is 0 Å². The Hall–Kier alpha value is -1.44. The minimum Gasteiger partial charge on any atom is -0.378 e. The molecule has 26 heavy (non-hydrogen) atoms. The number of nitrogens with zero attached hydrogens (tertiary/aromatic N) is 3. The topological polar surface area (TPSA) is 53.1 Å². The highest BCUT2D eigenvalue weighted by atomic mass is 32.1. The van der Waals surface area contributed by atoms with Gasteiger partial charge in [-0.05, 0) is 49.4 Å². The van der Waals surface area contributed by atoms with Crippen LogP contribution in [0.5, 0.6) is 0 Å². The van der Waals surface area contributed by atoms with Crippen LogP contribution in [0.3, 0.4) is 0 Å². The lowest BCUT2D eigenvalue weighted by molar-refractivity contribution is -0.139.